The summed E-state index contributed by atoms with van der Waals surface area (Å²) in [6, 6.07) is 7.48. The van der Waals surface area contributed by atoms with Gasteiger partial charge in [-0.15, -0.1) is 0 Å². The molecular formula is C12H18N4O. The van der Waals surface area contributed by atoms with Gasteiger partial charge in [-0.2, -0.15) is 0 Å². The molecule has 0 saturated carbocycles. The highest BCUT2D eigenvalue weighted by atomic mass is 16.1. The molecular weight excluding hydrogens is 216 g/mol. The van der Waals surface area contributed by atoms with Gasteiger partial charge in [-0.05, 0) is 12.1 Å². The minimum atomic E-state index is -0.619. The Labute approximate surface area is 101 Å². The van der Waals surface area contributed by atoms with Gasteiger partial charge in [0.2, 0.25) is 5.91 Å². The minimum Gasteiger partial charge on any atom is -0.371 e. The largest absolute Gasteiger partial charge is 0.371 e. The zero-order valence-electron chi connectivity index (χ0n) is 9.97. The molecule has 1 unspecified atom stereocenters. The Balaban J connectivity index is 2.21. The number of nitrogens with two attached hydrogens (primary N) is 2. The second kappa shape index (κ2) is 4.63. The van der Waals surface area contributed by atoms with Crippen LogP contribution in [0, 0.1) is 0 Å². The van der Waals surface area contributed by atoms with Crippen LogP contribution < -0.4 is 21.3 Å². The van der Waals surface area contributed by atoms with Crippen LogP contribution in [0.4, 0.5) is 11.4 Å². The molecule has 5 nitrogen and oxygen atoms in total. The highest BCUT2D eigenvalue weighted by Gasteiger charge is 2.22. The average Bonchev–Trinajstić information content (AvgIpc) is 2.33. The SMILES string of the molecule is CN1CCN(CC(N)C(N)=O)c2ccccc21. The van der Waals surface area contributed by atoms with E-state index in [1.807, 2.05) is 18.2 Å². The quantitative estimate of drug-likeness (QED) is 0.756. The molecule has 0 spiro atoms. The van der Waals surface area contributed by atoms with E-state index in [2.05, 4.69) is 22.9 Å². The molecule has 17 heavy (non-hydrogen) atoms. The standard InChI is InChI=1S/C12H18N4O/c1-15-6-7-16(8-9(13)12(14)17)11-5-3-2-4-10(11)15/h2-5,9H,6-8,13H2,1H3,(H2,14,17). The number of carbonyl (C=O) groups is 1. The number of hydrogen-bond donors (Lipinski definition) is 2. The van der Waals surface area contributed by atoms with Gasteiger partial charge in [-0.1, -0.05) is 12.1 Å². The normalized spacial score (nSPS) is 16.6. The average molecular weight is 234 g/mol. The number of para-hydroxylation sites is 2. The lowest BCUT2D eigenvalue weighted by atomic mass is 10.1. The first-order valence-electron chi connectivity index (χ1n) is 5.69. The summed E-state index contributed by atoms with van der Waals surface area (Å²) in [5.41, 5.74) is 13.2. The van der Waals surface area contributed by atoms with Crippen LogP contribution in [0.2, 0.25) is 0 Å². The number of carbonyl (C=O) groups excluding carboxylic acids is 1. The number of likely N-dealkylation sites (N-methyl/N-ethyl adjacent to an activating group) is 1. The van der Waals surface area contributed by atoms with E-state index >= 15 is 0 Å². The van der Waals surface area contributed by atoms with E-state index in [4.69, 9.17) is 11.5 Å². The molecule has 5 heteroatoms. The maximum absolute atomic E-state index is 11.0. The van der Waals surface area contributed by atoms with Crippen molar-refractivity contribution in [1.29, 1.82) is 0 Å². The molecule has 2 rings (SSSR count). The molecule has 0 radical (unpaired) electrons. The lowest BCUT2D eigenvalue weighted by molar-refractivity contribution is -0.119. The van der Waals surface area contributed by atoms with Crippen molar-refractivity contribution in [2.24, 2.45) is 11.5 Å². The first kappa shape index (κ1) is 11.7. The molecule has 1 aliphatic heterocycles. The predicted octanol–water partition coefficient (Wildman–Crippen LogP) is -0.245. The molecule has 0 fully saturated rings. The van der Waals surface area contributed by atoms with Gasteiger partial charge in [0.05, 0.1) is 11.4 Å². The van der Waals surface area contributed by atoms with Crippen molar-refractivity contribution in [1.82, 2.24) is 0 Å². The van der Waals surface area contributed by atoms with Gasteiger partial charge in [0.25, 0.3) is 0 Å². The van der Waals surface area contributed by atoms with Crippen LogP contribution in [-0.4, -0.2) is 38.6 Å². The molecule has 0 aromatic heterocycles. The molecule has 1 atom stereocenters. The monoisotopic (exact) mass is 234 g/mol. The van der Waals surface area contributed by atoms with Gasteiger partial charge in [-0.3, -0.25) is 4.79 Å². The molecule has 1 aromatic rings. The van der Waals surface area contributed by atoms with Gasteiger partial charge >= 0.3 is 0 Å². The van der Waals surface area contributed by atoms with E-state index in [-0.39, 0.29) is 0 Å². The summed E-state index contributed by atoms with van der Waals surface area (Å²) in [4.78, 5) is 15.3. The van der Waals surface area contributed by atoms with Crippen molar-refractivity contribution >= 4 is 17.3 Å². The number of nitrogens with zero attached hydrogens (tertiary/aromatic N) is 2. The number of anilines is 2. The third kappa shape index (κ3) is 2.34. The van der Waals surface area contributed by atoms with Crippen molar-refractivity contribution in [3.05, 3.63) is 24.3 Å². The van der Waals surface area contributed by atoms with Crippen LogP contribution in [0.5, 0.6) is 0 Å². The lowest BCUT2D eigenvalue weighted by Gasteiger charge is -2.37. The van der Waals surface area contributed by atoms with Crippen LogP contribution in [0.1, 0.15) is 0 Å². The van der Waals surface area contributed by atoms with Crippen molar-refractivity contribution in [3.63, 3.8) is 0 Å². The number of benzene rings is 1. The predicted molar refractivity (Wildman–Crippen MR) is 69.1 cm³/mol. The van der Waals surface area contributed by atoms with E-state index in [0.717, 1.165) is 24.5 Å². The molecule has 1 heterocycles. The summed E-state index contributed by atoms with van der Waals surface area (Å²) in [7, 11) is 2.06. The van der Waals surface area contributed by atoms with Crippen molar-refractivity contribution in [2.45, 2.75) is 6.04 Å². The smallest absolute Gasteiger partial charge is 0.236 e. The number of amides is 1. The van der Waals surface area contributed by atoms with Crippen LogP contribution >= 0.6 is 0 Å². The van der Waals surface area contributed by atoms with E-state index in [0.29, 0.717) is 6.54 Å². The lowest BCUT2D eigenvalue weighted by Crippen LogP contribution is -2.49. The highest BCUT2D eigenvalue weighted by Crippen LogP contribution is 2.31. The second-order valence-electron chi connectivity index (χ2n) is 4.37. The van der Waals surface area contributed by atoms with E-state index in [1.165, 1.54) is 0 Å². The van der Waals surface area contributed by atoms with Gasteiger partial charge in [0.1, 0.15) is 6.04 Å². The summed E-state index contributed by atoms with van der Waals surface area (Å²) < 4.78 is 0. The minimum absolute atomic E-state index is 0.457. The van der Waals surface area contributed by atoms with Crippen LogP contribution in [0.15, 0.2) is 24.3 Å². The first-order chi connectivity index (χ1) is 8.09. The molecule has 1 aliphatic rings. The van der Waals surface area contributed by atoms with E-state index in [9.17, 15) is 4.79 Å². The Morgan fingerprint density at radius 3 is 2.65 bits per heavy atom. The Kier molecular flexibility index (Phi) is 3.19. The van der Waals surface area contributed by atoms with Crippen LogP contribution in [0.3, 0.4) is 0 Å². The third-order valence-corrected chi connectivity index (χ3v) is 3.12. The second-order valence-corrected chi connectivity index (χ2v) is 4.37. The number of rotatable bonds is 3. The van der Waals surface area contributed by atoms with Gasteiger partial charge in [0.15, 0.2) is 0 Å². The van der Waals surface area contributed by atoms with Crippen molar-refractivity contribution in [3.8, 4) is 0 Å². The van der Waals surface area contributed by atoms with Crippen LogP contribution in [0.25, 0.3) is 0 Å². The van der Waals surface area contributed by atoms with Gasteiger partial charge < -0.3 is 21.3 Å². The van der Waals surface area contributed by atoms with Gasteiger partial charge in [0, 0.05) is 26.7 Å². The summed E-state index contributed by atoms with van der Waals surface area (Å²) in [5.74, 6) is -0.457. The van der Waals surface area contributed by atoms with E-state index in [1.54, 1.807) is 0 Å². The maximum atomic E-state index is 11.0. The molecule has 4 N–H and O–H groups in total. The molecule has 1 aromatic carbocycles. The molecule has 1 amide bonds. The molecule has 0 saturated heterocycles. The zero-order chi connectivity index (χ0) is 12.4. The topological polar surface area (TPSA) is 75.6 Å². The highest BCUT2D eigenvalue weighted by molar-refractivity contribution is 5.81. The number of primary amides is 1. The fourth-order valence-corrected chi connectivity index (χ4v) is 2.08. The number of hydrogen-bond acceptors (Lipinski definition) is 4. The van der Waals surface area contributed by atoms with Crippen molar-refractivity contribution < 1.29 is 4.79 Å². The summed E-state index contributed by atoms with van der Waals surface area (Å²) in [5, 5.41) is 0. The number of fused-ring (bicyclic) bond motifs is 1. The maximum Gasteiger partial charge on any atom is 0.236 e. The summed E-state index contributed by atoms with van der Waals surface area (Å²) in [6.07, 6.45) is 0. The summed E-state index contributed by atoms with van der Waals surface area (Å²) in [6.45, 7) is 2.25. The first-order valence-corrected chi connectivity index (χ1v) is 5.69. The Morgan fingerprint density at radius 1 is 1.35 bits per heavy atom. The fraction of sp³-hybridized carbons (Fsp3) is 0.417. The molecule has 0 bridgehead atoms. The van der Waals surface area contributed by atoms with Gasteiger partial charge in [-0.25, -0.2) is 0 Å². The fourth-order valence-electron chi connectivity index (χ4n) is 2.08. The van der Waals surface area contributed by atoms with Crippen LogP contribution in [-0.2, 0) is 4.79 Å². The van der Waals surface area contributed by atoms with E-state index < -0.39 is 11.9 Å². The Bertz CT molecular complexity index is 421. The molecule has 0 aliphatic carbocycles. The molecule has 92 valence electrons. The zero-order valence-corrected chi connectivity index (χ0v) is 9.97. The van der Waals surface area contributed by atoms with Crippen molar-refractivity contribution in [2.75, 3.05) is 36.5 Å². The summed E-state index contributed by atoms with van der Waals surface area (Å²) >= 11 is 0. The Hall–Kier alpha value is -1.75. The Morgan fingerprint density at radius 2 is 2.00 bits per heavy atom. The third-order valence-electron chi connectivity index (χ3n) is 3.12.